The topological polar surface area (TPSA) is 62.1 Å². The predicted octanol–water partition coefficient (Wildman–Crippen LogP) is 2.30. The predicted molar refractivity (Wildman–Crippen MR) is 85.0 cm³/mol. The van der Waals surface area contributed by atoms with E-state index in [0.29, 0.717) is 12.3 Å². The summed E-state index contributed by atoms with van der Waals surface area (Å²) < 4.78 is 0. The van der Waals surface area contributed by atoms with E-state index < -0.39 is 6.04 Å². The Balaban J connectivity index is 1.64. The Kier molecular flexibility index (Phi) is 3.97. The SMILES string of the molecule is CN(CC1CCC1)C(=O)[C@H](N)Cc1c[nH]c2ccccc12. The molecule has 0 unspecified atom stereocenters. The van der Waals surface area contributed by atoms with Gasteiger partial charge in [0.05, 0.1) is 6.04 Å². The van der Waals surface area contributed by atoms with E-state index in [1.807, 2.05) is 36.3 Å². The first-order valence-electron chi connectivity index (χ1n) is 7.70. The summed E-state index contributed by atoms with van der Waals surface area (Å²) in [6.07, 6.45) is 6.33. The molecule has 1 heterocycles. The summed E-state index contributed by atoms with van der Waals surface area (Å²) in [6.45, 7) is 0.848. The van der Waals surface area contributed by atoms with E-state index in [2.05, 4.69) is 11.1 Å². The molecule has 21 heavy (non-hydrogen) atoms. The lowest BCUT2D eigenvalue weighted by Gasteiger charge is -2.31. The van der Waals surface area contributed by atoms with Gasteiger partial charge in [-0.15, -0.1) is 0 Å². The van der Waals surface area contributed by atoms with Gasteiger partial charge < -0.3 is 15.6 Å². The van der Waals surface area contributed by atoms with Gasteiger partial charge in [0.15, 0.2) is 0 Å². The molecule has 3 rings (SSSR count). The number of aromatic nitrogens is 1. The van der Waals surface area contributed by atoms with Gasteiger partial charge in [-0.2, -0.15) is 0 Å². The van der Waals surface area contributed by atoms with Crippen molar-refractivity contribution in [1.82, 2.24) is 9.88 Å². The lowest BCUT2D eigenvalue weighted by molar-refractivity contribution is -0.132. The number of hydrogen-bond acceptors (Lipinski definition) is 2. The van der Waals surface area contributed by atoms with Crippen molar-refractivity contribution in [1.29, 1.82) is 0 Å². The zero-order valence-corrected chi connectivity index (χ0v) is 12.5. The Morgan fingerprint density at radius 1 is 1.43 bits per heavy atom. The second-order valence-corrected chi connectivity index (χ2v) is 6.19. The number of nitrogens with zero attached hydrogens (tertiary/aromatic N) is 1. The number of H-pyrrole nitrogens is 1. The van der Waals surface area contributed by atoms with Crippen molar-refractivity contribution in [3.05, 3.63) is 36.0 Å². The standard InChI is InChI=1S/C17H23N3O/c1-20(11-12-5-4-6-12)17(21)15(18)9-13-10-19-16-8-3-2-7-14(13)16/h2-3,7-8,10,12,15,19H,4-6,9,11,18H2,1H3/t15-/m1/s1. The number of para-hydroxylation sites is 1. The zero-order chi connectivity index (χ0) is 14.8. The highest BCUT2D eigenvalue weighted by Crippen LogP contribution is 2.27. The molecule has 1 aliphatic carbocycles. The molecule has 1 amide bonds. The zero-order valence-electron chi connectivity index (χ0n) is 12.5. The molecule has 1 aromatic heterocycles. The van der Waals surface area contributed by atoms with Crippen molar-refractivity contribution < 1.29 is 4.79 Å². The van der Waals surface area contributed by atoms with Gasteiger partial charge in [-0.05, 0) is 36.8 Å². The Morgan fingerprint density at radius 3 is 2.90 bits per heavy atom. The summed E-state index contributed by atoms with van der Waals surface area (Å²) in [5, 5.41) is 1.15. The molecule has 3 N–H and O–H groups in total. The first kappa shape index (κ1) is 14.1. The maximum atomic E-state index is 12.4. The minimum Gasteiger partial charge on any atom is -0.361 e. The molecule has 4 heteroatoms. The third kappa shape index (κ3) is 2.95. The first-order valence-corrected chi connectivity index (χ1v) is 7.70. The first-order chi connectivity index (χ1) is 10.1. The molecule has 1 aliphatic rings. The molecule has 1 fully saturated rings. The lowest BCUT2D eigenvalue weighted by atomic mass is 9.85. The number of benzene rings is 1. The van der Waals surface area contributed by atoms with Crippen LogP contribution in [-0.2, 0) is 11.2 Å². The number of carbonyl (C=O) groups excluding carboxylic acids is 1. The fourth-order valence-electron chi connectivity index (χ4n) is 3.06. The normalized spacial score (nSPS) is 16.7. The number of fused-ring (bicyclic) bond motifs is 1. The fraction of sp³-hybridized carbons (Fsp3) is 0.471. The second kappa shape index (κ2) is 5.90. The molecule has 0 aliphatic heterocycles. The molecule has 1 saturated carbocycles. The van der Waals surface area contributed by atoms with Gasteiger partial charge in [-0.25, -0.2) is 0 Å². The molecule has 0 radical (unpaired) electrons. The van der Waals surface area contributed by atoms with Crippen LogP contribution in [0, 0.1) is 5.92 Å². The van der Waals surface area contributed by atoms with Crippen LogP contribution in [0.3, 0.4) is 0 Å². The van der Waals surface area contributed by atoms with Crippen molar-refractivity contribution in [2.24, 2.45) is 11.7 Å². The maximum absolute atomic E-state index is 12.4. The van der Waals surface area contributed by atoms with Crippen molar-refractivity contribution in [2.75, 3.05) is 13.6 Å². The molecule has 2 aromatic rings. The Labute approximate surface area is 125 Å². The molecular formula is C17H23N3O. The van der Waals surface area contributed by atoms with E-state index in [1.165, 1.54) is 19.3 Å². The van der Waals surface area contributed by atoms with Crippen LogP contribution >= 0.6 is 0 Å². The summed E-state index contributed by atoms with van der Waals surface area (Å²) >= 11 is 0. The minimum atomic E-state index is -0.464. The summed E-state index contributed by atoms with van der Waals surface area (Å²) in [5.41, 5.74) is 8.34. The fourth-order valence-corrected chi connectivity index (χ4v) is 3.06. The van der Waals surface area contributed by atoms with Crippen molar-refractivity contribution in [3.63, 3.8) is 0 Å². The summed E-state index contributed by atoms with van der Waals surface area (Å²) in [5.74, 6) is 0.728. The highest BCUT2D eigenvalue weighted by atomic mass is 16.2. The van der Waals surface area contributed by atoms with Crippen molar-refractivity contribution in [2.45, 2.75) is 31.7 Å². The van der Waals surface area contributed by atoms with Crippen LogP contribution < -0.4 is 5.73 Å². The molecule has 0 saturated heterocycles. The number of hydrogen-bond donors (Lipinski definition) is 2. The van der Waals surface area contributed by atoms with E-state index in [-0.39, 0.29) is 5.91 Å². The van der Waals surface area contributed by atoms with Gasteiger partial charge in [-0.3, -0.25) is 4.79 Å². The highest BCUT2D eigenvalue weighted by molar-refractivity contribution is 5.86. The largest absolute Gasteiger partial charge is 0.361 e. The Bertz CT molecular complexity index is 630. The summed E-state index contributed by atoms with van der Waals surface area (Å²) in [7, 11) is 1.87. The third-order valence-electron chi connectivity index (χ3n) is 4.56. The monoisotopic (exact) mass is 285 g/mol. The average Bonchev–Trinajstić information content (AvgIpc) is 2.85. The number of nitrogens with two attached hydrogens (primary N) is 1. The quantitative estimate of drug-likeness (QED) is 0.885. The van der Waals surface area contributed by atoms with Crippen LogP contribution in [0.4, 0.5) is 0 Å². The minimum absolute atomic E-state index is 0.0483. The van der Waals surface area contributed by atoms with Crippen LogP contribution in [0.2, 0.25) is 0 Å². The van der Waals surface area contributed by atoms with E-state index in [0.717, 1.165) is 23.0 Å². The van der Waals surface area contributed by atoms with Crippen LogP contribution in [0.15, 0.2) is 30.5 Å². The number of rotatable bonds is 5. The Morgan fingerprint density at radius 2 is 2.19 bits per heavy atom. The summed E-state index contributed by atoms with van der Waals surface area (Å²) in [4.78, 5) is 17.4. The van der Waals surface area contributed by atoms with Crippen molar-refractivity contribution in [3.8, 4) is 0 Å². The van der Waals surface area contributed by atoms with Gasteiger partial charge in [0.1, 0.15) is 0 Å². The number of amides is 1. The number of carbonyl (C=O) groups is 1. The molecule has 112 valence electrons. The maximum Gasteiger partial charge on any atom is 0.239 e. The molecule has 0 spiro atoms. The van der Waals surface area contributed by atoms with Crippen LogP contribution in [0.5, 0.6) is 0 Å². The molecular weight excluding hydrogens is 262 g/mol. The van der Waals surface area contributed by atoms with E-state index in [1.54, 1.807) is 0 Å². The van der Waals surface area contributed by atoms with E-state index in [9.17, 15) is 4.79 Å². The lowest BCUT2D eigenvalue weighted by Crippen LogP contribution is -2.45. The van der Waals surface area contributed by atoms with Gasteiger partial charge in [0.2, 0.25) is 5.91 Å². The van der Waals surface area contributed by atoms with Gasteiger partial charge in [0.25, 0.3) is 0 Å². The second-order valence-electron chi connectivity index (χ2n) is 6.19. The number of nitrogens with one attached hydrogen (secondary N) is 1. The van der Waals surface area contributed by atoms with Crippen LogP contribution in [0.25, 0.3) is 10.9 Å². The Hall–Kier alpha value is -1.81. The number of aromatic amines is 1. The van der Waals surface area contributed by atoms with E-state index >= 15 is 0 Å². The molecule has 4 nitrogen and oxygen atoms in total. The van der Waals surface area contributed by atoms with Gasteiger partial charge >= 0.3 is 0 Å². The third-order valence-corrected chi connectivity index (χ3v) is 4.56. The van der Waals surface area contributed by atoms with Gasteiger partial charge in [-0.1, -0.05) is 24.6 Å². The van der Waals surface area contributed by atoms with Crippen LogP contribution in [-0.4, -0.2) is 35.4 Å². The highest BCUT2D eigenvalue weighted by Gasteiger charge is 2.24. The van der Waals surface area contributed by atoms with Gasteiger partial charge in [0, 0.05) is 30.7 Å². The smallest absolute Gasteiger partial charge is 0.239 e. The molecule has 1 aromatic carbocycles. The number of likely N-dealkylation sites (N-methyl/N-ethyl adjacent to an activating group) is 1. The van der Waals surface area contributed by atoms with Crippen molar-refractivity contribution >= 4 is 16.8 Å². The molecule has 0 bridgehead atoms. The average molecular weight is 285 g/mol. The summed E-state index contributed by atoms with van der Waals surface area (Å²) in [6, 6.07) is 7.65. The van der Waals surface area contributed by atoms with E-state index in [4.69, 9.17) is 5.73 Å². The van der Waals surface area contributed by atoms with Crippen LogP contribution in [0.1, 0.15) is 24.8 Å². The molecule has 1 atom stereocenters.